The van der Waals surface area contributed by atoms with Crippen molar-refractivity contribution in [2.75, 3.05) is 16.8 Å². The highest BCUT2D eigenvalue weighted by atomic mass is 16.2. The predicted octanol–water partition coefficient (Wildman–Crippen LogP) is 3.55. The Morgan fingerprint density at radius 2 is 1.79 bits per heavy atom. The zero-order valence-electron chi connectivity index (χ0n) is 14.1. The van der Waals surface area contributed by atoms with Crippen LogP contribution >= 0.6 is 0 Å². The molecular formula is C20H22N2O2. The fourth-order valence-electron chi connectivity index (χ4n) is 2.93. The molecule has 0 aliphatic carbocycles. The number of amides is 2. The number of aryl methyl sites for hydroxylation is 2. The Bertz CT molecular complexity index is 735. The molecule has 0 radical (unpaired) electrons. The van der Waals surface area contributed by atoms with Crippen LogP contribution in [0.15, 0.2) is 48.5 Å². The average Bonchev–Trinajstić information content (AvgIpc) is 2.99. The Hall–Kier alpha value is -2.62. The molecule has 124 valence electrons. The topological polar surface area (TPSA) is 49.4 Å². The molecule has 2 aromatic rings. The summed E-state index contributed by atoms with van der Waals surface area (Å²) < 4.78 is 0. The minimum atomic E-state index is -0.315. The Morgan fingerprint density at radius 1 is 1.12 bits per heavy atom. The number of hydrogen-bond acceptors (Lipinski definition) is 2. The standard InChI is InChI=1S/C20H22N2O2/c1-3-15-6-10-18(11-7-15)22-13-16(12-19(22)23)20(24)21-17-8-4-14(2)5-9-17/h4-11,16H,3,12-13H2,1-2H3,(H,21,24)/t16-/m1/s1. The monoisotopic (exact) mass is 322 g/mol. The van der Waals surface area contributed by atoms with Crippen molar-refractivity contribution in [2.24, 2.45) is 5.92 Å². The van der Waals surface area contributed by atoms with E-state index in [0.29, 0.717) is 6.54 Å². The number of anilines is 2. The zero-order valence-corrected chi connectivity index (χ0v) is 14.1. The van der Waals surface area contributed by atoms with Gasteiger partial charge in [0.25, 0.3) is 0 Å². The van der Waals surface area contributed by atoms with Gasteiger partial charge in [0.15, 0.2) is 0 Å². The molecule has 24 heavy (non-hydrogen) atoms. The van der Waals surface area contributed by atoms with Crippen molar-refractivity contribution in [3.05, 3.63) is 59.7 Å². The van der Waals surface area contributed by atoms with Gasteiger partial charge < -0.3 is 10.2 Å². The maximum atomic E-state index is 12.4. The minimum Gasteiger partial charge on any atom is -0.326 e. The second-order valence-corrected chi connectivity index (χ2v) is 6.28. The molecule has 0 bridgehead atoms. The molecule has 0 saturated carbocycles. The molecule has 0 aromatic heterocycles. The van der Waals surface area contributed by atoms with Crippen LogP contribution in [0.1, 0.15) is 24.5 Å². The van der Waals surface area contributed by atoms with Crippen molar-refractivity contribution in [2.45, 2.75) is 26.7 Å². The highest BCUT2D eigenvalue weighted by molar-refractivity contribution is 6.03. The van der Waals surface area contributed by atoms with E-state index >= 15 is 0 Å². The lowest BCUT2D eigenvalue weighted by Gasteiger charge is -2.17. The van der Waals surface area contributed by atoms with Crippen LogP contribution in [0.4, 0.5) is 11.4 Å². The normalized spacial score (nSPS) is 17.2. The van der Waals surface area contributed by atoms with E-state index in [0.717, 1.165) is 23.4 Å². The lowest BCUT2D eigenvalue weighted by atomic mass is 10.1. The van der Waals surface area contributed by atoms with Crippen LogP contribution in [-0.2, 0) is 16.0 Å². The summed E-state index contributed by atoms with van der Waals surface area (Å²) >= 11 is 0. The minimum absolute atomic E-state index is 0.00306. The highest BCUT2D eigenvalue weighted by Gasteiger charge is 2.35. The van der Waals surface area contributed by atoms with Crippen molar-refractivity contribution in [3.8, 4) is 0 Å². The lowest BCUT2D eigenvalue weighted by Crippen LogP contribution is -2.28. The number of hydrogen-bond donors (Lipinski definition) is 1. The van der Waals surface area contributed by atoms with Crippen LogP contribution in [0.5, 0.6) is 0 Å². The molecule has 1 saturated heterocycles. The Morgan fingerprint density at radius 3 is 2.42 bits per heavy atom. The van der Waals surface area contributed by atoms with Gasteiger partial charge in [0.2, 0.25) is 11.8 Å². The second-order valence-electron chi connectivity index (χ2n) is 6.28. The first-order valence-electron chi connectivity index (χ1n) is 8.33. The molecule has 1 aliphatic heterocycles. The van der Waals surface area contributed by atoms with Gasteiger partial charge in [0.05, 0.1) is 5.92 Å². The van der Waals surface area contributed by atoms with Crippen LogP contribution in [0.2, 0.25) is 0 Å². The van der Waals surface area contributed by atoms with Gasteiger partial charge in [-0.25, -0.2) is 0 Å². The molecule has 2 amide bonds. The Labute approximate surface area is 142 Å². The molecule has 1 aliphatic rings. The second kappa shape index (κ2) is 6.87. The van der Waals surface area contributed by atoms with E-state index in [2.05, 4.69) is 12.2 Å². The number of carbonyl (C=O) groups is 2. The molecule has 4 heteroatoms. The number of rotatable bonds is 4. The van der Waals surface area contributed by atoms with E-state index in [9.17, 15) is 9.59 Å². The van der Waals surface area contributed by atoms with Crippen molar-refractivity contribution in [1.82, 2.24) is 0 Å². The van der Waals surface area contributed by atoms with Gasteiger partial charge in [-0.2, -0.15) is 0 Å². The molecule has 0 unspecified atom stereocenters. The first kappa shape index (κ1) is 16.2. The van der Waals surface area contributed by atoms with Gasteiger partial charge in [-0.3, -0.25) is 9.59 Å². The van der Waals surface area contributed by atoms with Crippen LogP contribution in [0.25, 0.3) is 0 Å². The molecule has 1 N–H and O–H groups in total. The number of benzene rings is 2. The van der Waals surface area contributed by atoms with E-state index in [1.807, 2.05) is 55.5 Å². The molecule has 0 spiro atoms. The summed E-state index contributed by atoms with van der Waals surface area (Å²) in [5.74, 6) is -0.409. The van der Waals surface area contributed by atoms with Crippen LogP contribution in [0.3, 0.4) is 0 Å². The summed E-state index contributed by atoms with van der Waals surface area (Å²) in [7, 11) is 0. The highest BCUT2D eigenvalue weighted by Crippen LogP contribution is 2.26. The summed E-state index contributed by atoms with van der Waals surface area (Å²) in [6.45, 7) is 4.53. The third-order valence-electron chi connectivity index (χ3n) is 4.47. The molecule has 3 rings (SSSR count). The van der Waals surface area contributed by atoms with Crippen LogP contribution < -0.4 is 10.2 Å². The van der Waals surface area contributed by atoms with Gasteiger partial charge in [0, 0.05) is 24.3 Å². The van der Waals surface area contributed by atoms with Crippen LogP contribution in [0, 0.1) is 12.8 Å². The summed E-state index contributed by atoms with van der Waals surface area (Å²) in [5, 5.41) is 2.90. The van der Waals surface area contributed by atoms with Crippen molar-refractivity contribution < 1.29 is 9.59 Å². The zero-order chi connectivity index (χ0) is 17.1. The molecule has 1 heterocycles. The average molecular weight is 322 g/mol. The lowest BCUT2D eigenvalue weighted by molar-refractivity contribution is -0.122. The molecule has 4 nitrogen and oxygen atoms in total. The van der Waals surface area contributed by atoms with E-state index < -0.39 is 0 Å². The summed E-state index contributed by atoms with van der Waals surface area (Å²) in [6, 6.07) is 15.6. The third-order valence-corrected chi connectivity index (χ3v) is 4.47. The van der Waals surface area contributed by atoms with Gasteiger partial charge in [-0.15, -0.1) is 0 Å². The first-order valence-corrected chi connectivity index (χ1v) is 8.33. The van der Waals surface area contributed by atoms with E-state index in [1.165, 1.54) is 5.56 Å². The largest absolute Gasteiger partial charge is 0.326 e. The summed E-state index contributed by atoms with van der Waals surface area (Å²) in [4.78, 5) is 26.4. The number of nitrogens with zero attached hydrogens (tertiary/aromatic N) is 1. The number of carbonyl (C=O) groups excluding carboxylic acids is 2. The summed E-state index contributed by atoms with van der Waals surface area (Å²) in [5.41, 5.74) is 4.01. The molecular weight excluding hydrogens is 300 g/mol. The van der Waals surface area contributed by atoms with E-state index in [1.54, 1.807) is 4.90 Å². The SMILES string of the molecule is CCc1ccc(N2C[C@H](C(=O)Nc3ccc(C)cc3)CC2=O)cc1. The quantitative estimate of drug-likeness (QED) is 0.936. The maximum absolute atomic E-state index is 12.4. The fraction of sp³-hybridized carbons (Fsp3) is 0.300. The van der Waals surface area contributed by atoms with Gasteiger partial charge in [-0.1, -0.05) is 36.8 Å². The number of nitrogens with one attached hydrogen (secondary N) is 1. The fourth-order valence-corrected chi connectivity index (χ4v) is 2.93. The van der Waals surface area contributed by atoms with E-state index in [4.69, 9.17) is 0 Å². The maximum Gasteiger partial charge on any atom is 0.229 e. The smallest absolute Gasteiger partial charge is 0.229 e. The molecule has 2 aromatic carbocycles. The summed E-state index contributed by atoms with van der Waals surface area (Å²) in [6.07, 6.45) is 1.23. The Balaban J connectivity index is 1.67. The van der Waals surface area contributed by atoms with Gasteiger partial charge >= 0.3 is 0 Å². The Kier molecular flexibility index (Phi) is 4.65. The van der Waals surface area contributed by atoms with Gasteiger partial charge in [0.1, 0.15) is 0 Å². The van der Waals surface area contributed by atoms with E-state index in [-0.39, 0.29) is 24.2 Å². The van der Waals surface area contributed by atoms with Crippen LogP contribution in [-0.4, -0.2) is 18.4 Å². The first-order chi connectivity index (χ1) is 11.6. The van der Waals surface area contributed by atoms with Crippen molar-refractivity contribution in [1.29, 1.82) is 0 Å². The molecule has 1 fully saturated rings. The van der Waals surface area contributed by atoms with Gasteiger partial charge in [-0.05, 0) is 43.2 Å². The molecule has 1 atom stereocenters. The van der Waals surface area contributed by atoms with Crippen molar-refractivity contribution >= 4 is 23.2 Å². The third kappa shape index (κ3) is 3.48. The predicted molar refractivity (Wildman–Crippen MR) is 96.1 cm³/mol. The van der Waals surface area contributed by atoms with Crippen molar-refractivity contribution in [3.63, 3.8) is 0 Å².